The molecule has 3 N–H and O–H groups in total. The summed E-state index contributed by atoms with van der Waals surface area (Å²) in [6.45, 7) is 3.98. The molecule has 0 radical (unpaired) electrons. The molecular weight excluding hydrogens is 342 g/mol. The van der Waals surface area contributed by atoms with Crippen molar-refractivity contribution >= 4 is 17.7 Å². The van der Waals surface area contributed by atoms with Crippen molar-refractivity contribution in [3.05, 3.63) is 23.9 Å². The molecule has 1 heterocycles. The van der Waals surface area contributed by atoms with E-state index in [0.717, 1.165) is 25.3 Å². The highest BCUT2D eigenvalue weighted by Crippen LogP contribution is 2.20. The van der Waals surface area contributed by atoms with E-state index in [2.05, 4.69) is 25.9 Å². The fourth-order valence-corrected chi connectivity index (χ4v) is 3.09. The standard InChI is InChI=1S/C20H33N5O2/c1-16-8-6-11-18(24-16)25-19(26)12-14-23-20(21-2)22-13-7-15-27-17-9-4-3-5-10-17/h6,8,11,17H,3-5,7,9-10,12-15H2,1-2H3,(H2,21,22,23)(H,24,25,26). The minimum atomic E-state index is -0.0723. The molecule has 0 aromatic carbocycles. The molecule has 1 aromatic heterocycles. The number of nitrogens with zero attached hydrogens (tertiary/aromatic N) is 2. The molecule has 1 saturated carbocycles. The number of carbonyl (C=O) groups excluding carboxylic acids is 1. The van der Waals surface area contributed by atoms with E-state index in [0.29, 0.717) is 30.8 Å². The molecule has 0 atom stereocenters. The van der Waals surface area contributed by atoms with Crippen molar-refractivity contribution in [1.29, 1.82) is 0 Å². The summed E-state index contributed by atoms with van der Waals surface area (Å²) in [5.74, 6) is 1.21. The summed E-state index contributed by atoms with van der Waals surface area (Å²) in [6.07, 6.45) is 8.10. The van der Waals surface area contributed by atoms with Gasteiger partial charge in [0.1, 0.15) is 5.82 Å². The minimum Gasteiger partial charge on any atom is -0.378 e. The van der Waals surface area contributed by atoms with Crippen LogP contribution in [-0.2, 0) is 9.53 Å². The molecule has 1 aliphatic rings. The van der Waals surface area contributed by atoms with Gasteiger partial charge in [-0.25, -0.2) is 4.98 Å². The van der Waals surface area contributed by atoms with Crippen LogP contribution in [0.2, 0.25) is 0 Å². The summed E-state index contributed by atoms with van der Waals surface area (Å²) in [4.78, 5) is 20.4. The summed E-state index contributed by atoms with van der Waals surface area (Å²) >= 11 is 0. The van der Waals surface area contributed by atoms with Crippen LogP contribution in [0.25, 0.3) is 0 Å². The van der Waals surface area contributed by atoms with Crippen LogP contribution < -0.4 is 16.0 Å². The Hall–Kier alpha value is -2.15. The van der Waals surface area contributed by atoms with Crippen LogP contribution in [0, 0.1) is 6.92 Å². The zero-order chi connectivity index (χ0) is 19.3. The first-order valence-electron chi connectivity index (χ1n) is 9.97. The molecule has 0 bridgehead atoms. The monoisotopic (exact) mass is 375 g/mol. The predicted molar refractivity (Wildman–Crippen MR) is 109 cm³/mol. The van der Waals surface area contributed by atoms with Gasteiger partial charge in [0.2, 0.25) is 5.91 Å². The lowest BCUT2D eigenvalue weighted by molar-refractivity contribution is -0.116. The zero-order valence-corrected chi connectivity index (χ0v) is 16.6. The largest absolute Gasteiger partial charge is 0.378 e. The molecule has 1 aromatic rings. The fourth-order valence-electron chi connectivity index (χ4n) is 3.09. The lowest BCUT2D eigenvalue weighted by atomic mass is 9.98. The molecule has 1 amide bonds. The van der Waals surface area contributed by atoms with Crippen molar-refractivity contribution < 1.29 is 9.53 Å². The van der Waals surface area contributed by atoms with Gasteiger partial charge in [-0.3, -0.25) is 9.79 Å². The van der Waals surface area contributed by atoms with Gasteiger partial charge < -0.3 is 20.7 Å². The summed E-state index contributed by atoms with van der Waals surface area (Å²) < 4.78 is 5.92. The highest BCUT2D eigenvalue weighted by molar-refractivity contribution is 5.90. The molecule has 7 heteroatoms. The number of pyridine rings is 1. The topological polar surface area (TPSA) is 87.6 Å². The molecule has 1 fully saturated rings. The van der Waals surface area contributed by atoms with Gasteiger partial charge in [0.15, 0.2) is 5.96 Å². The van der Waals surface area contributed by atoms with E-state index in [1.54, 1.807) is 13.1 Å². The number of carbonyl (C=O) groups is 1. The van der Waals surface area contributed by atoms with E-state index in [9.17, 15) is 4.79 Å². The van der Waals surface area contributed by atoms with Gasteiger partial charge in [-0.1, -0.05) is 25.3 Å². The minimum absolute atomic E-state index is 0.0723. The number of nitrogens with one attached hydrogen (secondary N) is 3. The molecular formula is C20H33N5O2. The third kappa shape index (κ3) is 8.86. The first-order chi connectivity index (χ1) is 13.2. The second-order valence-corrected chi connectivity index (χ2v) is 6.87. The smallest absolute Gasteiger partial charge is 0.227 e. The van der Waals surface area contributed by atoms with E-state index >= 15 is 0 Å². The quantitative estimate of drug-likeness (QED) is 0.351. The van der Waals surface area contributed by atoms with Gasteiger partial charge >= 0.3 is 0 Å². The van der Waals surface area contributed by atoms with E-state index in [1.807, 2.05) is 19.1 Å². The van der Waals surface area contributed by atoms with Crippen LogP contribution in [0.1, 0.15) is 50.6 Å². The third-order valence-electron chi connectivity index (χ3n) is 4.54. The van der Waals surface area contributed by atoms with Gasteiger partial charge in [-0.05, 0) is 38.3 Å². The first-order valence-corrected chi connectivity index (χ1v) is 9.97. The van der Waals surface area contributed by atoms with Crippen LogP contribution in [0.4, 0.5) is 5.82 Å². The Morgan fingerprint density at radius 2 is 2.00 bits per heavy atom. The zero-order valence-electron chi connectivity index (χ0n) is 16.6. The molecule has 2 rings (SSSR count). The Morgan fingerprint density at radius 3 is 2.74 bits per heavy atom. The fraction of sp³-hybridized carbons (Fsp3) is 0.650. The Morgan fingerprint density at radius 1 is 1.22 bits per heavy atom. The SMILES string of the molecule is CN=C(NCCCOC1CCCCC1)NCCC(=O)Nc1cccc(C)n1. The number of guanidine groups is 1. The van der Waals surface area contributed by atoms with Crippen molar-refractivity contribution in [2.75, 3.05) is 32.1 Å². The molecule has 0 spiro atoms. The highest BCUT2D eigenvalue weighted by atomic mass is 16.5. The van der Waals surface area contributed by atoms with E-state index < -0.39 is 0 Å². The highest BCUT2D eigenvalue weighted by Gasteiger charge is 2.13. The maximum absolute atomic E-state index is 12.0. The van der Waals surface area contributed by atoms with Crippen LogP contribution >= 0.6 is 0 Å². The van der Waals surface area contributed by atoms with E-state index in [4.69, 9.17) is 4.74 Å². The molecule has 1 aliphatic carbocycles. The summed E-state index contributed by atoms with van der Waals surface area (Å²) in [7, 11) is 1.73. The lowest BCUT2D eigenvalue weighted by Crippen LogP contribution is -2.39. The maximum atomic E-state index is 12.0. The number of hydrogen-bond acceptors (Lipinski definition) is 4. The average molecular weight is 376 g/mol. The van der Waals surface area contributed by atoms with E-state index in [1.165, 1.54) is 32.1 Å². The second kappa shape index (κ2) is 12.3. The molecule has 7 nitrogen and oxygen atoms in total. The number of aromatic nitrogens is 1. The van der Waals surface area contributed by atoms with Crippen LogP contribution in [0.3, 0.4) is 0 Å². The predicted octanol–water partition coefficient (Wildman–Crippen LogP) is 2.62. The maximum Gasteiger partial charge on any atom is 0.227 e. The Labute approximate surface area is 162 Å². The Balaban J connectivity index is 1.53. The summed E-state index contributed by atoms with van der Waals surface area (Å²) in [6, 6.07) is 5.56. The lowest BCUT2D eigenvalue weighted by Gasteiger charge is -2.22. The Bertz CT molecular complexity index is 600. The van der Waals surface area contributed by atoms with Crippen molar-refractivity contribution in [2.45, 2.75) is 58.0 Å². The summed E-state index contributed by atoms with van der Waals surface area (Å²) in [5, 5.41) is 9.21. The number of aliphatic imine (C=N–C) groups is 1. The van der Waals surface area contributed by atoms with Gasteiger partial charge in [-0.15, -0.1) is 0 Å². The second-order valence-electron chi connectivity index (χ2n) is 6.87. The molecule has 0 saturated heterocycles. The number of anilines is 1. The normalized spacial score (nSPS) is 15.4. The number of rotatable bonds is 9. The number of aryl methyl sites for hydroxylation is 1. The summed E-state index contributed by atoms with van der Waals surface area (Å²) in [5.41, 5.74) is 0.878. The van der Waals surface area contributed by atoms with Gasteiger partial charge in [0.05, 0.1) is 6.10 Å². The van der Waals surface area contributed by atoms with Crippen LogP contribution in [0.5, 0.6) is 0 Å². The van der Waals surface area contributed by atoms with Crippen LogP contribution in [-0.4, -0.2) is 49.7 Å². The van der Waals surface area contributed by atoms with Gasteiger partial charge in [0.25, 0.3) is 0 Å². The van der Waals surface area contributed by atoms with Crippen molar-refractivity contribution in [2.24, 2.45) is 4.99 Å². The van der Waals surface area contributed by atoms with Gasteiger partial charge in [0, 0.05) is 38.9 Å². The number of ether oxygens (including phenoxy) is 1. The molecule has 0 aliphatic heterocycles. The van der Waals surface area contributed by atoms with E-state index in [-0.39, 0.29) is 5.91 Å². The molecule has 27 heavy (non-hydrogen) atoms. The Kier molecular flexibility index (Phi) is 9.62. The van der Waals surface area contributed by atoms with Crippen molar-refractivity contribution in [3.63, 3.8) is 0 Å². The average Bonchev–Trinajstić information content (AvgIpc) is 2.67. The first kappa shape index (κ1) is 21.2. The molecule has 150 valence electrons. The number of hydrogen-bond donors (Lipinski definition) is 3. The molecule has 0 unspecified atom stereocenters. The third-order valence-corrected chi connectivity index (χ3v) is 4.54. The van der Waals surface area contributed by atoms with Crippen molar-refractivity contribution in [3.8, 4) is 0 Å². The van der Waals surface area contributed by atoms with Crippen molar-refractivity contribution in [1.82, 2.24) is 15.6 Å². The number of amides is 1. The van der Waals surface area contributed by atoms with Crippen LogP contribution in [0.15, 0.2) is 23.2 Å². The van der Waals surface area contributed by atoms with Gasteiger partial charge in [-0.2, -0.15) is 0 Å².